The van der Waals surface area contributed by atoms with Crippen molar-refractivity contribution in [2.75, 3.05) is 7.11 Å². The average Bonchev–Trinajstić information content (AvgIpc) is 2.30. The topological polar surface area (TPSA) is 38.3 Å². The zero-order valence-corrected chi connectivity index (χ0v) is 12.0. The summed E-state index contributed by atoms with van der Waals surface area (Å²) in [6.45, 7) is 4.63. The number of nitrogens with one attached hydrogen (secondary N) is 1. The van der Waals surface area contributed by atoms with Gasteiger partial charge in [-0.05, 0) is 17.5 Å². The summed E-state index contributed by atoms with van der Waals surface area (Å²) in [5.74, 6) is -0.0167. The molecule has 3 nitrogen and oxygen atoms in total. The largest absolute Gasteiger partial charge is 0.468 e. The number of hydrogen-bond donors (Lipinski definition) is 1. The fourth-order valence-electron chi connectivity index (χ4n) is 1.58. The Morgan fingerprint density at radius 3 is 2.59 bits per heavy atom. The minimum Gasteiger partial charge on any atom is -0.468 e. The maximum atomic E-state index is 11.6. The van der Waals surface area contributed by atoms with Gasteiger partial charge in [-0.2, -0.15) is 0 Å². The van der Waals surface area contributed by atoms with Gasteiger partial charge in [0, 0.05) is 11.0 Å². The molecule has 1 aromatic rings. The number of halogens is 1. The molecule has 0 aliphatic rings. The van der Waals surface area contributed by atoms with Crippen LogP contribution in [0.1, 0.15) is 19.4 Å². The van der Waals surface area contributed by atoms with Crippen LogP contribution in [-0.4, -0.2) is 19.1 Å². The Morgan fingerprint density at radius 1 is 1.41 bits per heavy atom. The van der Waals surface area contributed by atoms with E-state index in [0.29, 0.717) is 6.54 Å². The van der Waals surface area contributed by atoms with E-state index in [1.807, 2.05) is 38.1 Å². The summed E-state index contributed by atoms with van der Waals surface area (Å²) in [5.41, 5.74) is 1.13. The standard InChI is InChI=1S/C13H18BrNO2/c1-9(2)12(13(16)17-3)15-8-10-6-4-5-7-11(10)14/h4-7,9,12,15H,8H2,1-3H3/t12-/m0/s1. The first-order valence-electron chi connectivity index (χ1n) is 5.61. The highest BCUT2D eigenvalue weighted by Gasteiger charge is 2.22. The lowest BCUT2D eigenvalue weighted by Crippen LogP contribution is -2.41. The highest BCUT2D eigenvalue weighted by Crippen LogP contribution is 2.16. The van der Waals surface area contributed by atoms with E-state index < -0.39 is 0 Å². The number of ether oxygens (including phenoxy) is 1. The molecule has 94 valence electrons. The molecule has 1 rings (SSSR count). The maximum Gasteiger partial charge on any atom is 0.323 e. The van der Waals surface area contributed by atoms with Crippen LogP contribution >= 0.6 is 15.9 Å². The maximum absolute atomic E-state index is 11.6. The number of benzene rings is 1. The molecule has 0 saturated heterocycles. The van der Waals surface area contributed by atoms with Crippen LogP contribution in [0.15, 0.2) is 28.7 Å². The zero-order chi connectivity index (χ0) is 12.8. The lowest BCUT2D eigenvalue weighted by molar-refractivity contribution is -0.144. The van der Waals surface area contributed by atoms with Crippen molar-refractivity contribution < 1.29 is 9.53 Å². The molecule has 0 fully saturated rings. The van der Waals surface area contributed by atoms with Gasteiger partial charge in [-0.25, -0.2) is 0 Å². The van der Waals surface area contributed by atoms with Crippen LogP contribution in [0.2, 0.25) is 0 Å². The minimum absolute atomic E-state index is 0.199. The highest BCUT2D eigenvalue weighted by molar-refractivity contribution is 9.10. The summed E-state index contributed by atoms with van der Waals surface area (Å²) in [6, 6.07) is 7.68. The van der Waals surface area contributed by atoms with Gasteiger partial charge in [-0.3, -0.25) is 4.79 Å². The number of carbonyl (C=O) groups is 1. The van der Waals surface area contributed by atoms with Crippen molar-refractivity contribution in [1.82, 2.24) is 5.32 Å². The molecule has 1 N–H and O–H groups in total. The summed E-state index contributed by atoms with van der Waals surface area (Å²) in [6.07, 6.45) is 0. The molecule has 0 heterocycles. The third-order valence-corrected chi connectivity index (χ3v) is 3.37. The van der Waals surface area contributed by atoms with Gasteiger partial charge in [-0.1, -0.05) is 48.0 Å². The van der Waals surface area contributed by atoms with Gasteiger partial charge >= 0.3 is 5.97 Å². The predicted molar refractivity (Wildman–Crippen MR) is 71.6 cm³/mol. The van der Waals surface area contributed by atoms with E-state index in [2.05, 4.69) is 21.2 Å². The summed E-state index contributed by atoms with van der Waals surface area (Å²) < 4.78 is 5.82. The van der Waals surface area contributed by atoms with Crippen LogP contribution in [0, 0.1) is 5.92 Å². The third-order valence-electron chi connectivity index (χ3n) is 2.59. The Balaban J connectivity index is 2.64. The third kappa shape index (κ3) is 4.13. The molecule has 1 atom stereocenters. The van der Waals surface area contributed by atoms with Crippen LogP contribution in [0.25, 0.3) is 0 Å². The van der Waals surface area contributed by atoms with Gasteiger partial charge in [0.1, 0.15) is 6.04 Å². The van der Waals surface area contributed by atoms with Crippen molar-refractivity contribution in [1.29, 1.82) is 0 Å². The number of esters is 1. The molecule has 0 aliphatic carbocycles. The van der Waals surface area contributed by atoms with Crippen LogP contribution < -0.4 is 5.32 Å². The average molecular weight is 300 g/mol. The van der Waals surface area contributed by atoms with E-state index in [1.165, 1.54) is 7.11 Å². The van der Waals surface area contributed by atoms with E-state index in [1.54, 1.807) is 0 Å². The molecule has 4 heteroatoms. The number of hydrogen-bond acceptors (Lipinski definition) is 3. The summed E-state index contributed by atoms with van der Waals surface area (Å²) in [5, 5.41) is 3.22. The fourth-order valence-corrected chi connectivity index (χ4v) is 2.00. The van der Waals surface area contributed by atoms with Crippen molar-refractivity contribution >= 4 is 21.9 Å². The normalized spacial score (nSPS) is 12.5. The van der Waals surface area contributed by atoms with Gasteiger partial charge in [-0.15, -0.1) is 0 Å². The number of methoxy groups -OCH3 is 1. The van der Waals surface area contributed by atoms with Crippen LogP contribution in [-0.2, 0) is 16.1 Å². The van der Waals surface area contributed by atoms with Gasteiger partial charge < -0.3 is 10.1 Å². The molecule has 0 saturated carbocycles. The first-order valence-corrected chi connectivity index (χ1v) is 6.40. The molecular formula is C13H18BrNO2. The quantitative estimate of drug-likeness (QED) is 0.850. The van der Waals surface area contributed by atoms with Gasteiger partial charge in [0.05, 0.1) is 7.11 Å². The number of rotatable bonds is 5. The predicted octanol–water partition coefficient (Wildman–Crippen LogP) is 2.74. The number of carbonyl (C=O) groups excluding carboxylic acids is 1. The summed E-state index contributed by atoms with van der Waals surface area (Å²) >= 11 is 3.48. The summed E-state index contributed by atoms with van der Waals surface area (Å²) in [7, 11) is 1.41. The second-order valence-electron chi connectivity index (χ2n) is 4.22. The van der Waals surface area contributed by atoms with Crippen molar-refractivity contribution in [2.45, 2.75) is 26.4 Å². The monoisotopic (exact) mass is 299 g/mol. The Bertz CT molecular complexity index is 379. The van der Waals surface area contributed by atoms with Crippen molar-refractivity contribution in [2.24, 2.45) is 5.92 Å². The van der Waals surface area contributed by atoms with E-state index in [-0.39, 0.29) is 17.9 Å². The molecule has 0 unspecified atom stereocenters. The highest BCUT2D eigenvalue weighted by atomic mass is 79.9. The molecule has 0 bridgehead atoms. The van der Waals surface area contributed by atoms with Crippen molar-refractivity contribution in [3.63, 3.8) is 0 Å². The lowest BCUT2D eigenvalue weighted by Gasteiger charge is -2.20. The molecule has 0 amide bonds. The second-order valence-corrected chi connectivity index (χ2v) is 5.07. The Morgan fingerprint density at radius 2 is 2.06 bits per heavy atom. The molecule has 0 spiro atoms. The van der Waals surface area contributed by atoms with Gasteiger partial charge in [0.25, 0.3) is 0 Å². The van der Waals surface area contributed by atoms with E-state index in [9.17, 15) is 4.79 Å². The molecule has 1 aromatic carbocycles. The smallest absolute Gasteiger partial charge is 0.323 e. The van der Waals surface area contributed by atoms with E-state index in [4.69, 9.17) is 4.74 Å². The van der Waals surface area contributed by atoms with Gasteiger partial charge in [0.2, 0.25) is 0 Å². The molecule has 0 radical (unpaired) electrons. The molecule has 17 heavy (non-hydrogen) atoms. The van der Waals surface area contributed by atoms with E-state index >= 15 is 0 Å². The second kappa shape index (κ2) is 6.77. The summed E-state index contributed by atoms with van der Waals surface area (Å²) in [4.78, 5) is 11.6. The Labute approximate surface area is 111 Å². The minimum atomic E-state index is -0.271. The molecule has 0 aliphatic heterocycles. The Hall–Kier alpha value is -0.870. The zero-order valence-electron chi connectivity index (χ0n) is 10.4. The van der Waals surface area contributed by atoms with Crippen LogP contribution in [0.3, 0.4) is 0 Å². The fraction of sp³-hybridized carbons (Fsp3) is 0.462. The van der Waals surface area contributed by atoms with Crippen molar-refractivity contribution in [3.05, 3.63) is 34.3 Å². The molecular weight excluding hydrogens is 282 g/mol. The van der Waals surface area contributed by atoms with Crippen molar-refractivity contribution in [3.8, 4) is 0 Å². The molecule has 0 aromatic heterocycles. The van der Waals surface area contributed by atoms with E-state index in [0.717, 1.165) is 10.0 Å². The lowest BCUT2D eigenvalue weighted by atomic mass is 10.0. The first-order chi connectivity index (χ1) is 8.06. The Kier molecular flexibility index (Phi) is 5.65. The van der Waals surface area contributed by atoms with Crippen LogP contribution in [0.5, 0.6) is 0 Å². The first kappa shape index (κ1) is 14.2. The van der Waals surface area contributed by atoms with Gasteiger partial charge in [0.15, 0.2) is 0 Å². The SMILES string of the molecule is COC(=O)[C@@H](NCc1ccccc1Br)C(C)C. The van der Waals surface area contributed by atoms with Crippen LogP contribution in [0.4, 0.5) is 0 Å².